The van der Waals surface area contributed by atoms with Crippen molar-refractivity contribution in [2.24, 2.45) is 0 Å². The predicted molar refractivity (Wildman–Crippen MR) is 88.6 cm³/mol. The molecule has 0 unspecified atom stereocenters. The number of amides is 1. The average molecular weight is 323 g/mol. The molecule has 2 N–H and O–H groups in total. The third-order valence-corrected chi connectivity index (χ3v) is 3.44. The molecule has 22 heavy (non-hydrogen) atoms. The van der Waals surface area contributed by atoms with Crippen molar-refractivity contribution in [1.82, 2.24) is 5.32 Å². The molecule has 0 aromatic heterocycles. The van der Waals surface area contributed by atoms with Gasteiger partial charge in [0.15, 0.2) is 0 Å². The number of carbonyl (C=O) groups is 2. The quantitative estimate of drug-likeness (QED) is 0.683. The second-order valence-corrected chi connectivity index (χ2v) is 5.90. The first-order valence-corrected chi connectivity index (χ1v) is 8.23. The monoisotopic (exact) mass is 323 g/mol. The Kier molecular flexibility index (Phi) is 7.52. The fraction of sp³-hybridized carbons (Fsp3) is 0.375. The molecule has 120 valence electrons. The fourth-order valence-electron chi connectivity index (χ4n) is 1.67. The van der Waals surface area contributed by atoms with Crippen LogP contribution in [0.5, 0.6) is 5.75 Å². The molecule has 0 radical (unpaired) electrons. The number of carboxylic acids is 1. The van der Waals surface area contributed by atoms with E-state index in [9.17, 15) is 9.59 Å². The van der Waals surface area contributed by atoms with Crippen LogP contribution in [0.2, 0.25) is 0 Å². The van der Waals surface area contributed by atoms with Crippen LogP contribution in [0.15, 0.2) is 36.4 Å². The van der Waals surface area contributed by atoms with Crippen LogP contribution in [0.25, 0.3) is 0 Å². The van der Waals surface area contributed by atoms with Gasteiger partial charge in [0.1, 0.15) is 18.4 Å². The Morgan fingerprint density at radius 1 is 1.45 bits per heavy atom. The topological polar surface area (TPSA) is 75.6 Å². The summed E-state index contributed by atoms with van der Waals surface area (Å²) >= 11 is 1.54. The first-order chi connectivity index (χ1) is 10.4. The lowest BCUT2D eigenvalue weighted by atomic mass is 10.1. The first kappa shape index (κ1) is 18.1. The average Bonchev–Trinajstić information content (AvgIpc) is 2.49. The molecule has 0 aliphatic heterocycles. The minimum Gasteiger partial charge on any atom is -0.489 e. The number of ether oxygens (including phenoxy) is 1. The number of carboxylic acid groups (broad SMARTS) is 1. The van der Waals surface area contributed by atoms with E-state index < -0.39 is 17.9 Å². The Labute approximate surface area is 134 Å². The van der Waals surface area contributed by atoms with E-state index in [1.807, 2.05) is 13.2 Å². The van der Waals surface area contributed by atoms with Crippen molar-refractivity contribution in [2.45, 2.75) is 19.4 Å². The van der Waals surface area contributed by atoms with Crippen molar-refractivity contribution in [1.29, 1.82) is 0 Å². The molecule has 0 aliphatic rings. The largest absolute Gasteiger partial charge is 0.489 e. The molecule has 1 aromatic carbocycles. The van der Waals surface area contributed by atoms with E-state index in [0.717, 1.165) is 5.57 Å². The zero-order valence-electron chi connectivity index (χ0n) is 12.8. The summed E-state index contributed by atoms with van der Waals surface area (Å²) < 4.78 is 5.48. The minimum absolute atomic E-state index is 0.370. The van der Waals surface area contributed by atoms with Crippen LogP contribution >= 0.6 is 11.8 Å². The van der Waals surface area contributed by atoms with E-state index >= 15 is 0 Å². The Morgan fingerprint density at radius 3 is 2.77 bits per heavy atom. The van der Waals surface area contributed by atoms with Crippen molar-refractivity contribution >= 4 is 23.6 Å². The second-order valence-electron chi connectivity index (χ2n) is 4.92. The molecule has 0 saturated carbocycles. The number of aliphatic carboxylic acids is 1. The summed E-state index contributed by atoms with van der Waals surface area (Å²) in [5.41, 5.74) is 1.24. The number of hydrogen-bond donors (Lipinski definition) is 2. The van der Waals surface area contributed by atoms with Gasteiger partial charge in [-0.15, -0.1) is 0 Å². The molecule has 1 amide bonds. The Balaban J connectivity index is 2.73. The number of carbonyl (C=O) groups excluding carboxylic acids is 1. The van der Waals surface area contributed by atoms with Crippen molar-refractivity contribution in [3.05, 3.63) is 42.0 Å². The van der Waals surface area contributed by atoms with Crippen LogP contribution in [-0.4, -0.2) is 41.6 Å². The van der Waals surface area contributed by atoms with Gasteiger partial charge in [0.25, 0.3) is 5.91 Å². The lowest BCUT2D eigenvalue weighted by molar-refractivity contribution is -0.139. The van der Waals surface area contributed by atoms with E-state index in [1.165, 1.54) is 11.8 Å². The van der Waals surface area contributed by atoms with Crippen LogP contribution < -0.4 is 10.1 Å². The fourth-order valence-corrected chi connectivity index (χ4v) is 2.14. The van der Waals surface area contributed by atoms with Crippen LogP contribution in [0, 0.1) is 0 Å². The highest BCUT2D eigenvalue weighted by molar-refractivity contribution is 7.98. The third-order valence-electron chi connectivity index (χ3n) is 2.80. The number of thioether (sulfide) groups is 1. The molecule has 1 rings (SSSR count). The predicted octanol–water partition coefficient (Wildman–Crippen LogP) is 2.58. The van der Waals surface area contributed by atoms with Gasteiger partial charge in [-0.1, -0.05) is 12.6 Å². The summed E-state index contributed by atoms with van der Waals surface area (Å²) in [6.45, 7) is 5.96. The highest BCUT2D eigenvalue weighted by Gasteiger charge is 2.20. The maximum Gasteiger partial charge on any atom is 0.326 e. The molecule has 0 heterocycles. The Morgan fingerprint density at radius 2 is 2.18 bits per heavy atom. The third kappa shape index (κ3) is 6.22. The number of hydrogen-bond acceptors (Lipinski definition) is 4. The normalized spacial score (nSPS) is 11.5. The molecular formula is C16H21NO4S. The van der Waals surface area contributed by atoms with Crippen molar-refractivity contribution in [3.8, 4) is 5.75 Å². The molecule has 1 atom stereocenters. The van der Waals surface area contributed by atoms with Crippen molar-refractivity contribution in [2.75, 3.05) is 18.6 Å². The number of rotatable bonds is 9. The van der Waals surface area contributed by atoms with Gasteiger partial charge in [-0.25, -0.2) is 4.79 Å². The van der Waals surface area contributed by atoms with Gasteiger partial charge in [0.2, 0.25) is 0 Å². The second kappa shape index (κ2) is 9.15. The van der Waals surface area contributed by atoms with Crippen LogP contribution in [0.1, 0.15) is 23.7 Å². The SMILES string of the molecule is C=C(C)COc1cccc(C(=O)N[C@H](CCSC)C(=O)O)c1. The summed E-state index contributed by atoms with van der Waals surface area (Å²) in [6, 6.07) is 5.75. The minimum atomic E-state index is -1.03. The summed E-state index contributed by atoms with van der Waals surface area (Å²) in [4.78, 5) is 23.3. The molecule has 6 heteroatoms. The van der Waals surface area contributed by atoms with E-state index in [4.69, 9.17) is 9.84 Å². The van der Waals surface area contributed by atoms with Crippen molar-refractivity contribution in [3.63, 3.8) is 0 Å². The lowest BCUT2D eigenvalue weighted by Crippen LogP contribution is -2.41. The van der Waals surface area contributed by atoms with Gasteiger partial charge < -0.3 is 15.2 Å². The summed E-state index contributed by atoms with van der Waals surface area (Å²) in [6.07, 6.45) is 2.28. The van der Waals surface area contributed by atoms with Crippen LogP contribution in [0.3, 0.4) is 0 Å². The van der Waals surface area contributed by atoms with Crippen molar-refractivity contribution < 1.29 is 19.4 Å². The number of nitrogens with one attached hydrogen (secondary N) is 1. The zero-order valence-corrected chi connectivity index (χ0v) is 13.6. The molecule has 0 saturated heterocycles. The molecule has 0 bridgehead atoms. The summed E-state index contributed by atoms with van der Waals surface area (Å²) in [5.74, 6) is -0.239. The first-order valence-electron chi connectivity index (χ1n) is 6.84. The van der Waals surface area contributed by atoms with Gasteiger partial charge in [0.05, 0.1) is 0 Å². The molecule has 5 nitrogen and oxygen atoms in total. The van der Waals surface area contributed by atoms with Crippen LogP contribution in [-0.2, 0) is 4.79 Å². The highest BCUT2D eigenvalue weighted by Crippen LogP contribution is 2.14. The highest BCUT2D eigenvalue weighted by atomic mass is 32.2. The molecule has 0 aliphatic carbocycles. The van der Waals surface area contributed by atoms with E-state index in [-0.39, 0.29) is 0 Å². The Bertz CT molecular complexity index is 545. The molecular weight excluding hydrogens is 302 g/mol. The summed E-state index contributed by atoms with van der Waals surface area (Å²) in [5, 5.41) is 11.7. The molecule has 1 aromatic rings. The number of benzene rings is 1. The maximum atomic E-state index is 12.2. The molecule has 0 fully saturated rings. The van der Waals surface area contributed by atoms with Gasteiger partial charge in [-0.2, -0.15) is 11.8 Å². The van der Waals surface area contributed by atoms with Gasteiger partial charge in [-0.3, -0.25) is 4.79 Å². The van der Waals surface area contributed by atoms with E-state index in [0.29, 0.717) is 30.1 Å². The van der Waals surface area contributed by atoms with Gasteiger partial charge in [-0.05, 0) is 49.1 Å². The van der Waals surface area contributed by atoms with Gasteiger partial charge >= 0.3 is 5.97 Å². The summed E-state index contributed by atoms with van der Waals surface area (Å²) in [7, 11) is 0. The van der Waals surface area contributed by atoms with E-state index in [1.54, 1.807) is 24.3 Å². The molecule has 0 spiro atoms. The Hall–Kier alpha value is -1.95. The van der Waals surface area contributed by atoms with Gasteiger partial charge in [0, 0.05) is 5.56 Å². The maximum absolute atomic E-state index is 12.2. The zero-order chi connectivity index (χ0) is 16.5. The smallest absolute Gasteiger partial charge is 0.326 e. The lowest BCUT2D eigenvalue weighted by Gasteiger charge is -2.14. The standard InChI is InChI=1S/C16H21NO4S/c1-11(2)10-21-13-6-4-5-12(9-13)15(18)17-14(16(19)20)7-8-22-3/h4-6,9,14H,1,7-8,10H2,2-3H3,(H,17,18)(H,19,20)/t14-/m1/s1. The van der Waals surface area contributed by atoms with E-state index in [2.05, 4.69) is 11.9 Å². The van der Waals surface area contributed by atoms with Crippen LogP contribution in [0.4, 0.5) is 0 Å².